The number of amides is 1. The molecule has 0 spiro atoms. The number of nitrogens with one attached hydrogen (secondary N) is 1. The van der Waals surface area contributed by atoms with Gasteiger partial charge in [0.25, 0.3) is 5.91 Å². The van der Waals surface area contributed by atoms with Crippen molar-refractivity contribution in [2.24, 2.45) is 5.92 Å². The Balaban J connectivity index is 1.73. The maximum absolute atomic E-state index is 12.2. The second-order valence-corrected chi connectivity index (χ2v) is 9.69. The van der Waals surface area contributed by atoms with Crippen LogP contribution in [-0.2, 0) is 14.8 Å². The van der Waals surface area contributed by atoms with Gasteiger partial charge in [0.2, 0.25) is 10.0 Å². The number of carbonyl (C=O) groups excluding carboxylic acids is 1. The lowest BCUT2D eigenvalue weighted by atomic mass is 10.0. The maximum atomic E-state index is 12.2. The zero-order valence-corrected chi connectivity index (χ0v) is 18.2. The molecule has 7 nitrogen and oxygen atoms in total. The van der Waals surface area contributed by atoms with Crippen LogP contribution in [-0.4, -0.2) is 64.8 Å². The molecule has 1 aromatic rings. The van der Waals surface area contributed by atoms with Crippen molar-refractivity contribution >= 4 is 21.6 Å². The molecule has 2 atom stereocenters. The Morgan fingerprint density at radius 3 is 2.64 bits per heavy atom. The molecule has 1 amide bonds. The van der Waals surface area contributed by atoms with E-state index >= 15 is 0 Å². The molecule has 0 aliphatic carbocycles. The van der Waals surface area contributed by atoms with Crippen molar-refractivity contribution in [3.05, 3.63) is 24.3 Å². The van der Waals surface area contributed by atoms with Crippen LogP contribution >= 0.6 is 0 Å². The second kappa shape index (κ2) is 10.1. The Kier molecular flexibility index (Phi) is 8.12. The minimum absolute atomic E-state index is 0.149. The molecule has 28 heavy (non-hydrogen) atoms. The number of nitrogens with zero attached hydrogens (tertiary/aromatic N) is 2. The number of hydrogen-bond acceptors (Lipinski definition) is 5. The summed E-state index contributed by atoms with van der Waals surface area (Å²) < 4.78 is 30.0. The molecule has 1 aliphatic heterocycles. The van der Waals surface area contributed by atoms with Crippen molar-refractivity contribution < 1.29 is 17.9 Å². The first-order valence-corrected chi connectivity index (χ1v) is 11.7. The number of likely N-dealkylation sites (tertiary alicyclic amines) is 1. The SMILES string of the molecule is C[C@H]1CCCN(CCCNC(=O)[C@@H](C)Oc2ccc(N(C)S(C)(=O)=O)cc2)C1. The van der Waals surface area contributed by atoms with Gasteiger partial charge in [-0.25, -0.2) is 8.42 Å². The smallest absolute Gasteiger partial charge is 0.260 e. The molecule has 0 aromatic heterocycles. The molecule has 0 saturated carbocycles. The molecule has 1 saturated heterocycles. The first kappa shape index (κ1) is 22.5. The lowest BCUT2D eigenvalue weighted by Gasteiger charge is -2.30. The molecule has 0 unspecified atom stereocenters. The van der Waals surface area contributed by atoms with Crippen LogP contribution in [0, 0.1) is 5.92 Å². The summed E-state index contributed by atoms with van der Waals surface area (Å²) in [6, 6.07) is 6.64. The van der Waals surface area contributed by atoms with Gasteiger partial charge in [-0.05, 0) is 69.5 Å². The van der Waals surface area contributed by atoms with E-state index in [2.05, 4.69) is 17.1 Å². The van der Waals surface area contributed by atoms with Gasteiger partial charge in [-0.3, -0.25) is 9.10 Å². The van der Waals surface area contributed by atoms with Crippen LogP contribution < -0.4 is 14.4 Å². The molecular weight excluding hydrogens is 378 g/mol. The van der Waals surface area contributed by atoms with Crippen molar-refractivity contribution in [3.63, 3.8) is 0 Å². The highest BCUT2D eigenvalue weighted by Crippen LogP contribution is 2.21. The number of piperidine rings is 1. The average Bonchev–Trinajstić information content (AvgIpc) is 2.64. The monoisotopic (exact) mass is 411 g/mol. The quantitative estimate of drug-likeness (QED) is 0.630. The molecule has 0 bridgehead atoms. The average molecular weight is 412 g/mol. The van der Waals surface area contributed by atoms with Crippen LogP contribution in [0.25, 0.3) is 0 Å². The predicted octanol–water partition coefficient (Wildman–Crippen LogP) is 2.09. The lowest BCUT2D eigenvalue weighted by molar-refractivity contribution is -0.127. The Morgan fingerprint density at radius 2 is 2.04 bits per heavy atom. The molecule has 1 aliphatic rings. The third-order valence-electron chi connectivity index (χ3n) is 5.07. The summed E-state index contributed by atoms with van der Waals surface area (Å²) in [6.45, 7) is 7.95. The van der Waals surface area contributed by atoms with Gasteiger partial charge in [0.15, 0.2) is 6.10 Å². The van der Waals surface area contributed by atoms with Gasteiger partial charge < -0.3 is 15.0 Å². The van der Waals surface area contributed by atoms with Crippen LogP contribution in [0.5, 0.6) is 5.75 Å². The van der Waals surface area contributed by atoms with Gasteiger partial charge in [0.05, 0.1) is 11.9 Å². The fourth-order valence-corrected chi connectivity index (χ4v) is 3.84. The summed E-state index contributed by atoms with van der Waals surface area (Å²) in [7, 11) is -1.81. The number of ether oxygens (including phenoxy) is 1. The van der Waals surface area contributed by atoms with E-state index in [1.807, 2.05) is 0 Å². The fourth-order valence-electron chi connectivity index (χ4n) is 3.33. The van der Waals surface area contributed by atoms with Crippen molar-refractivity contribution in [2.75, 3.05) is 43.8 Å². The Bertz CT molecular complexity index is 736. The number of sulfonamides is 1. The van der Waals surface area contributed by atoms with E-state index in [1.165, 1.54) is 24.2 Å². The van der Waals surface area contributed by atoms with Gasteiger partial charge in [-0.15, -0.1) is 0 Å². The van der Waals surface area contributed by atoms with Crippen LogP contribution in [0.4, 0.5) is 5.69 Å². The van der Waals surface area contributed by atoms with E-state index in [-0.39, 0.29) is 5.91 Å². The first-order chi connectivity index (χ1) is 13.2. The zero-order chi connectivity index (χ0) is 20.7. The number of rotatable bonds is 9. The number of benzene rings is 1. The van der Waals surface area contributed by atoms with Gasteiger partial charge in [-0.2, -0.15) is 0 Å². The van der Waals surface area contributed by atoms with E-state index in [9.17, 15) is 13.2 Å². The van der Waals surface area contributed by atoms with E-state index in [4.69, 9.17) is 4.74 Å². The highest BCUT2D eigenvalue weighted by Gasteiger charge is 2.17. The van der Waals surface area contributed by atoms with Gasteiger partial charge in [0.1, 0.15) is 5.75 Å². The normalized spacial score (nSPS) is 19.1. The first-order valence-electron chi connectivity index (χ1n) is 9.87. The largest absolute Gasteiger partial charge is 0.481 e. The third kappa shape index (κ3) is 6.98. The number of anilines is 1. The third-order valence-corrected chi connectivity index (χ3v) is 6.28. The number of carbonyl (C=O) groups is 1. The molecule has 1 aromatic carbocycles. The van der Waals surface area contributed by atoms with E-state index in [0.29, 0.717) is 18.0 Å². The molecule has 1 fully saturated rings. The maximum Gasteiger partial charge on any atom is 0.260 e. The summed E-state index contributed by atoms with van der Waals surface area (Å²) in [4.78, 5) is 14.7. The minimum Gasteiger partial charge on any atom is -0.481 e. The molecule has 1 heterocycles. The fraction of sp³-hybridized carbons (Fsp3) is 0.650. The highest BCUT2D eigenvalue weighted by molar-refractivity contribution is 7.92. The summed E-state index contributed by atoms with van der Waals surface area (Å²) in [6.07, 6.45) is 4.03. The molecule has 8 heteroatoms. The highest BCUT2D eigenvalue weighted by atomic mass is 32.2. The van der Waals surface area contributed by atoms with Gasteiger partial charge >= 0.3 is 0 Å². The van der Waals surface area contributed by atoms with Crippen molar-refractivity contribution in [1.29, 1.82) is 0 Å². The molecule has 158 valence electrons. The molecule has 1 N–H and O–H groups in total. The van der Waals surface area contributed by atoms with E-state index in [0.717, 1.165) is 38.2 Å². The molecular formula is C20H33N3O4S. The predicted molar refractivity (Wildman–Crippen MR) is 112 cm³/mol. The number of hydrogen-bond donors (Lipinski definition) is 1. The van der Waals surface area contributed by atoms with Crippen molar-refractivity contribution in [2.45, 2.75) is 39.2 Å². The van der Waals surface area contributed by atoms with Crippen LogP contribution in [0.2, 0.25) is 0 Å². The summed E-state index contributed by atoms with van der Waals surface area (Å²) in [5.74, 6) is 1.14. The topological polar surface area (TPSA) is 79.0 Å². The van der Waals surface area contributed by atoms with Gasteiger partial charge in [-0.1, -0.05) is 6.92 Å². The summed E-state index contributed by atoms with van der Waals surface area (Å²) >= 11 is 0. The van der Waals surface area contributed by atoms with Crippen LogP contribution in [0.3, 0.4) is 0 Å². The zero-order valence-electron chi connectivity index (χ0n) is 17.3. The van der Waals surface area contributed by atoms with Crippen LogP contribution in [0.1, 0.15) is 33.1 Å². The standard InChI is InChI=1S/C20H33N3O4S/c1-16-7-5-13-23(15-16)14-6-12-21-20(24)17(2)27-19-10-8-18(9-11-19)22(3)28(4,25)26/h8-11,16-17H,5-7,12-15H2,1-4H3,(H,21,24)/t16-,17+/m0/s1. The van der Waals surface area contributed by atoms with Crippen LogP contribution in [0.15, 0.2) is 24.3 Å². The Morgan fingerprint density at radius 1 is 1.36 bits per heavy atom. The summed E-state index contributed by atoms with van der Waals surface area (Å²) in [5, 5.41) is 2.92. The van der Waals surface area contributed by atoms with E-state index < -0.39 is 16.1 Å². The molecule has 0 radical (unpaired) electrons. The molecule has 2 rings (SSSR count). The Hall–Kier alpha value is -1.80. The summed E-state index contributed by atoms with van der Waals surface area (Å²) in [5.41, 5.74) is 0.541. The lowest BCUT2D eigenvalue weighted by Crippen LogP contribution is -2.39. The van der Waals surface area contributed by atoms with E-state index in [1.54, 1.807) is 31.2 Å². The minimum atomic E-state index is -3.30. The van der Waals surface area contributed by atoms with Crippen molar-refractivity contribution in [1.82, 2.24) is 10.2 Å². The Labute approximate surface area is 169 Å². The van der Waals surface area contributed by atoms with Gasteiger partial charge in [0, 0.05) is 20.1 Å². The second-order valence-electron chi connectivity index (χ2n) is 7.68. The van der Waals surface area contributed by atoms with Crippen molar-refractivity contribution in [3.8, 4) is 5.75 Å².